The molecule has 0 radical (unpaired) electrons. The van der Waals surface area contributed by atoms with Gasteiger partial charge in [-0.05, 0) is 70.0 Å². The van der Waals surface area contributed by atoms with Gasteiger partial charge in [0, 0.05) is 35.6 Å². The van der Waals surface area contributed by atoms with Gasteiger partial charge in [0.15, 0.2) is 5.82 Å². The summed E-state index contributed by atoms with van der Waals surface area (Å²) in [6.45, 7) is 7.22. The molecule has 0 aliphatic carbocycles. The molecule has 0 bridgehead atoms. The molecule has 4 rings (SSSR count). The van der Waals surface area contributed by atoms with E-state index in [1.807, 2.05) is 20.9 Å². The lowest BCUT2D eigenvalue weighted by molar-refractivity contribution is -0.138. The Morgan fingerprint density at radius 1 is 1.03 bits per heavy atom. The number of rotatable bonds is 5. The summed E-state index contributed by atoms with van der Waals surface area (Å²) in [5, 5.41) is 17.2. The average Bonchev–Trinajstić information content (AvgIpc) is 2.80. The summed E-state index contributed by atoms with van der Waals surface area (Å²) < 4.78 is 40.2. The van der Waals surface area contributed by atoms with Crippen LogP contribution in [0, 0.1) is 13.8 Å². The molecule has 33 heavy (non-hydrogen) atoms. The Labute approximate surface area is 192 Å². The zero-order valence-electron chi connectivity index (χ0n) is 19.4. The molecule has 2 aromatic carbocycles. The van der Waals surface area contributed by atoms with Gasteiger partial charge in [-0.1, -0.05) is 18.2 Å². The molecule has 5 nitrogen and oxygen atoms in total. The molecule has 1 saturated heterocycles. The number of piperidine rings is 1. The van der Waals surface area contributed by atoms with E-state index in [0.29, 0.717) is 17.4 Å². The Balaban J connectivity index is 1.66. The molecule has 1 aromatic heterocycles. The van der Waals surface area contributed by atoms with Crippen molar-refractivity contribution >= 4 is 22.3 Å². The summed E-state index contributed by atoms with van der Waals surface area (Å²) in [5.74, 6) is 0.576. The first kappa shape index (κ1) is 23.3. The largest absolute Gasteiger partial charge is 0.416 e. The second-order valence-electron chi connectivity index (χ2n) is 8.80. The fourth-order valence-electron chi connectivity index (χ4n) is 4.72. The molecule has 2 heterocycles. The minimum Gasteiger partial charge on any atom is -0.371 e. The highest BCUT2D eigenvalue weighted by atomic mass is 19.4. The highest BCUT2D eigenvalue weighted by Crippen LogP contribution is 2.36. The number of anilines is 2. The summed E-state index contributed by atoms with van der Waals surface area (Å²) in [6.07, 6.45) is -2.22. The molecule has 176 valence electrons. The first-order valence-corrected chi connectivity index (χ1v) is 11.3. The third kappa shape index (κ3) is 4.76. The van der Waals surface area contributed by atoms with Crippen LogP contribution in [0.4, 0.5) is 24.7 Å². The Bertz CT molecular complexity index is 1140. The van der Waals surface area contributed by atoms with Gasteiger partial charge in [0.25, 0.3) is 0 Å². The highest BCUT2D eigenvalue weighted by Gasteiger charge is 2.33. The number of benzene rings is 2. The average molecular weight is 458 g/mol. The van der Waals surface area contributed by atoms with Crippen LogP contribution in [0.25, 0.3) is 10.8 Å². The van der Waals surface area contributed by atoms with E-state index in [1.165, 1.54) is 13.0 Å². The predicted molar refractivity (Wildman–Crippen MR) is 127 cm³/mol. The number of nitrogens with one attached hydrogen (secondary N) is 2. The molecule has 3 aromatic rings. The Morgan fingerprint density at radius 3 is 2.42 bits per heavy atom. The molecule has 1 unspecified atom stereocenters. The molecular formula is C25H30F3N5. The first-order chi connectivity index (χ1) is 15.7. The standard InChI is InChI=1S/C25H30F3N5/c1-15-20(6-5-7-23(15)25(26,27)28)16(2)30-24-22-14-19(8-9-21(22)17(3)31-32-24)33-12-10-18(29-4)11-13-33/h5-9,14,16,18,29H,10-13H2,1-4H3,(H,30,32). The van der Waals surface area contributed by atoms with Gasteiger partial charge in [-0.25, -0.2) is 0 Å². The second kappa shape index (κ2) is 9.17. The fraction of sp³-hybridized carbons (Fsp3) is 0.440. The molecule has 1 aliphatic heterocycles. The van der Waals surface area contributed by atoms with Crippen LogP contribution in [0.1, 0.15) is 48.2 Å². The van der Waals surface area contributed by atoms with Crippen molar-refractivity contribution in [2.75, 3.05) is 30.4 Å². The predicted octanol–water partition coefficient (Wildman–Crippen LogP) is 5.63. The van der Waals surface area contributed by atoms with E-state index in [0.717, 1.165) is 54.2 Å². The maximum absolute atomic E-state index is 13.4. The van der Waals surface area contributed by atoms with Crippen molar-refractivity contribution in [1.82, 2.24) is 15.5 Å². The fourth-order valence-corrected chi connectivity index (χ4v) is 4.72. The second-order valence-corrected chi connectivity index (χ2v) is 8.80. The van der Waals surface area contributed by atoms with Gasteiger partial charge < -0.3 is 15.5 Å². The normalized spacial score (nSPS) is 16.3. The minimum atomic E-state index is -4.38. The highest BCUT2D eigenvalue weighted by molar-refractivity contribution is 5.95. The number of nitrogens with zero attached hydrogens (tertiary/aromatic N) is 3. The van der Waals surface area contributed by atoms with Crippen molar-refractivity contribution in [3.05, 3.63) is 58.8 Å². The van der Waals surface area contributed by atoms with Crippen molar-refractivity contribution in [1.29, 1.82) is 0 Å². The van der Waals surface area contributed by atoms with E-state index in [4.69, 9.17) is 0 Å². The van der Waals surface area contributed by atoms with Crippen LogP contribution < -0.4 is 15.5 Å². The minimum absolute atomic E-state index is 0.225. The van der Waals surface area contributed by atoms with Gasteiger partial charge in [0.1, 0.15) is 0 Å². The lowest BCUT2D eigenvalue weighted by atomic mass is 9.97. The van der Waals surface area contributed by atoms with Crippen LogP contribution in [0.2, 0.25) is 0 Å². The Hall–Kier alpha value is -2.87. The van der Waals surface area contributed by atoms with Crippen LogP contribution in [0.5, 0.6) is 0 Å². The Morgan fingerprint density at radius 2 is 1.76 bits per heavy atom. The number of hydrogen-bond acceptors (Lipinski definition) is 5. The SMILES string of the molecule is CNC1CCN(c2ccc3c(C)nnc(NC(C)c4cccc(C(F)(F)F)c4C)c3c2)CC1. The zero-order chi connectivity index (χ0) is 23.8. The summed E-state index contributed by atoms with van der Waals surface area (Å²) in [5.41, 5.74) is 2.14. The van der Waals surface area contributed by atoms with Gasteiger partial charge >= 0.3 is 6.18 Å². The summed E-state index contributed by atoms with van der Waals surface area (Å²) in [4.78, 5) is 2.37. The van der Waals surface area contributed by atoms with Gasteiger partial charge in [-0.2, -0.15) is 18.3 Å². The van der Waals surface area contributed by atoms with E-state index < -0.39 is 11.7 Å². The summed E-state index contributed by atoms with van der Waals surface area (Å²) in [6, 6.07) is 10.8. The van der Waals surface area contributed by atoms with E-state index in [9.17, 15) is 13.2 Å². The zero-order valence-corrected chi connectivity index (χ0v) is 19.4. The van der Waals surface area contributed by atoms with Crippen LogP contribution in [-0.4, -0.2) is 36.4 Å². The number of fused-ring (bicyclic) bond motifs is 1. The molecule has 2 N–H and O–H groups in total. The van der Waals surface area contributed by atoms with Crippen molar-refractivity contribution in [3.63, 3.8) is 0 Å². The van der Waals surface area contributed by atoms with Crippen LogP contribution in [-0.2, 0) is 6.18 Å². The molecule has 1 fully saturated rings. The van der Waals surface area contributed by atoms with E-state index in [2.05, 4.69) is 43.9 Å². The van der Waals surface area contributed by atoms with Gasteiger partial charge in [0.05, 0.1) is 17.3 Å². The monoisotopic (exact) mass is 457 g/mol. The first-order valence-electron chi connectivity index (χ1n) is 11.3. The van der Waals surface area contributed by atoms with Gasteiger partial charge in [-0.3, -0.25) is 0 Å². The van der Waals surface area contributed by atoms with Crippen LogP contribution in [0.15, 0.2) is 36.4 Å². The smallest absolute Gasteiger partial charge is 0.371 e. The van der Waals surface area contributed by atoms with Crippen molar-refractivity contribution in [2.24, 2.45) is 0 Å². The maximum Gasteiger partial charge on any atom is 0.416 e. The number of hydrogen-bond donors (Lipinski definition) is 2. The maximum atomic E-state index is 13.4. The molecule has 0 saturated carbocycles. The van der Waals surface area contributed by atoms with Crippen molar-refractivity contribution in [3.8, 4) is 0 Å². The molecule has 0 spiro atoms. The summed E-state index contributed by atoms with van der Waals surface area (Å²) in [7, 11) is 2.00. The lowest BCUT2D eigenvalue weighted by Gasteiger charge is -2.33. The van der Waals surface area contributed by atoms with Gasteiger partial charge in [0.2, 0.25) is 0 Å². The van der Waals surface area contributed by atoms with Crippen LogP contribution in [0.3, 0.4) is 0 Å². The number of aryl methyl sites for hydroxylation is 1. The summed E-state index contributed by atoms with van der Waals surface area (Å²) >= 11 is 0. The third-order valence-corrected chi connectivity index (χ3v) is 6.72. The van der Waals surface area contributed by atoms with E-state index >= 15 is 0 Å². The number of aromatic nitrogens is 2. The topological polar surface area (TPSA) is 53.1 Å². The third-order valence-electron chi connectivity index (χ3n) is 6.72. The van der Waals surface area contributed by atoms with Crippen molar-refractivity contribution < 1.29 is 13.2 Å². The quantitative estimate of drug-likeness (QED) is 0.520. The van der Waals surface area contributed by atoms with Crippen LogP contribution >= 0.6 is 0 Å². The molecule has 1 atom stereocenters. The number of alkyl halides is 3. The molecule has 8 heteroatoms. The van der Waals surface area contributed by atoms with Gasteiger partial charge in [-0.15, -0.1) is 5.10 Å². The molecule has 0 amide bonds. The van der Waals surface area contributed by atoms with Crippen molar-refractivity contribution in [2.45, 2.75) is 51.9 Å². The number of halogens is 3. The Kier molecular flexibility index (Phi) is 6.47. The molecule has 1 aliphatic rings. The van der Waals surface area contributed by atoms with E-state index in [-0.39, 0.29) is 11.6 Å². The van der Waals surface area contributed by atoms with E-state index in [1.54, 1.807) is 6.07 Å². The molecular weight excluding hydrogens is 427 g/mol. The lowest BCUT2D eigenvalue weighted by Crippen LogP contribution is -2.41.